The first-order chi connectivity index (χ1) is 7.53. The largest absolute Gasteiger partial charge is 0.396 e. The number of hydrogen-bond acceptors (Lipinski definition) is 6. The number of thiazole rings is 1. The van der Waals surface area contributed by atoms with E-state index in [1.165, 1.54) is 34.7 Å². The van der Waals surface area contributed by atoms with Crippen molar-refractivity contribution in [3.05, 3.63) is 11.2 Å². The molecule has 0 unspecified atom stereocenters. The van der Waals surface area contributed by atoms with E-state index in [-0.39, 0.29) is 0 Å². The molecular formula is C7H12N4O3PS+. The van der Waals surface area contributed by atoms with Crippen LogP contribution in [-0.4, -0.2) is 23.8 Å². The van der Waals surface area contributed by atoms with Gasteiger partial charge in [0.2, 0.25) is 5.44 Å². The minimum atomic E-state index is -3.30. The van der Waals surface area contributed by atoms with Crippen LogP contribution in [0.4, 0.5) is 0 Å². The van der Waals surface area contributed by atoms with Crippen molar-refractivity contribution in [1.82, 2.24) is 9.61 Å². The molecule has 16 heavy (non-hydrogen) atoms. The Kier molecular flexibility index (Phi) is 2.75. The number of fused-ring (bicyclic) bond motifs is 1. The molecule has 88 valence electrons. The molecule has 0 aliphatic heterocycles. The fourth-order valence-corrected chi connectivity index (χ4v) is 3.76. The fraction of sp³-hybridized carbons (Fsp3) is 0.429. The Hall–Kier alpha value is -0.950. The molecule has 0 bridgehead atoms. The summed E-state index contributed by atoms with van der Waals surface area (Å²) in [5.74, 6) is 6.37. The van der Waals surface area contributed by atoms with Gasteiger partial charge in [-0.3, -0.25) is 10.4 Å². The summed E-state index contributed by atoms with van der Waals surface area (Å²) in [6.45, 7) is 1.76. The Morgan fingerprint density at radius 1 is 1.56 bits per heavy atom. The highest BCUT2D eigenvalue weighted by Crippen LogP contribution is 2.45. The van der Waals surface area contributed by atoms with Crippen LogP contribution in [0.3, 0.4) is 0 Å². The van der Waals surface area contributed by atoms with E-state index in [1.807, 2.05) is 0 Å². The topological polar surface area (TPSA) is 82.7 Å². The van der Waals surface area contributed by atoms with Crippen molar-refractivity contribution in [2.24, 2.45) is 0 Å². The third-order valence-electron chi connectivity index (χ3n) is 2.23. The summed E-state index contributed by atoms with van der Waals surface area (Å²) in [6.07, 6.45) is 0. The summed E-state index contributed by atoms with van der Waals surface area (Å²) in [6, 6.07) is 0. The highest BCUT2D eigenvalue weighted by Gasteiger charge is 2.35. The van der Waals surface area contributed by atoms with E-state index in [4.69, 9.17) is 14.9 Å². The first-order valence-electron chi connectivity index (χ1n) is 4.39. The van der Waals surface area contributed by atoms with E-state index in [0.29, 0.717) is 16.2 Å². The Balaban J connectivity index is 2.71. The van der Waals surface area contributed by atoms with Crippen LogP contribution in [0.1, 0.15) is 5.82 Å². The lowest BCUT2D eigenvalue weighted by molar-refractivity contribution is -0.617. The zero-order valence-electron chi connectivity index (χ0n) is 9.08. The minimum Gasteiger partial charge on any atom is -0.306 e. The van der Waals surface area contributed by atoms with Gasteiger partial charge in [-0.15, -0.1) is 4.68 Å². The lowest BCUT2D eigenvalue weighted by Crippen LogP contribution is -2.45. The molecule has 2 rings (SSSR count). The number of nitrogens with two attached hydrogens (primary N) is 1. The maximum Gasteiger partial charge on any atom is 0.396 e. The Bertz CT molecular complexity index is 569. The molecule has 0 amide bonds. The molecule has 2 aromatic rings. The molecule has 0 radical (unpaired) electrons. The van der Waals surface area contributed by atoms with Crippen molar-refractivity contribution in [1.29, 1.82) is 0 Å². The number of aryl methyl sites for hydroxylation is 1. The smallest absolute Gasteiger partial charge is 0.306 e. The van der Waals surface area contributed by atoms with Crippen molar-refractivity contribution in [2.75, 3.05) is 20.1 Å². The SMILES string of the molecule is COP(=O)(OC)c1csc2n1nc(C)[n+]2N. The Morgan fingerprint density at radius 2 is 2.19 bits per heavy atom. The van der Waals surface area contributed by atoms with Crippen LogP contribution in [0, 0.1) is 6.92 Å². The average molecular weight is 263 g/mol. The van der Waals surface area contributed by atoms with Crippen molar-refractivity contribution in [2.45, 2.75) is 6.92 Å². The zero-order chi connectivity index (χ0) is 11.9. The molecule has 0 aliphatic carbocycles. The van der Waals surface area contributed by atoms with Gasteiger partial charge in [0.25, 0.3) is 5.82 Å². The van der Waals surface area contributed by atoms with Gasteiger partial charge in [0.15, 0.2) is 0 Å². The van der Waals surface area contributed by atoms with E-state index < -0.39 is 7.60 Å². The molecular weight excluding hydrogens is 251 g/mol. The molecule has 2 N–H and O–H groups in total. The molecule has 9 heteroatoms. The van der Waals surface area contributed by atoms with E-state index >= 15 is 0 Å². The molecule has 7 nitrogen and oxygen atoms in total. The number of hydrogen-bond donors (Lipinski definition) is 1. The molecule has 0 saturated carbocycles. The van der Waals surface area contributed by atoms with E-state index in [0.717, 1.165) is 0 Å². The van der Waals surface area contributed by atoms with Crippen LogP contribution in [0.15, 0.2) is 5.38 Å². The van der Waals surface area contributed by atoms with Crippen LogP contribution in [0.5, 0.6) is 0 Å². The van der Waals surface area contributed by atoms with Gasteiger partial charge in [0.1, 0.15) is 0 Å². The number of aromatic nitrogens is 3. The normalized spacial score (nSPS) is 12.4. The summed E-state index contributed by atoms with van der Waals surface area (Å²) in [7, 11) is -0.628. The maximum atomic E-state index is 12.2. The second-order valence-electron chi connectivity index (χ2n) is 3.07. The van der Waals surface area contributed by atoms with Gasteiger partial charge in [0.05, 0.1) is 0 Å². The number of nitrogen functional groups attached to an aromatic ring is 1. The van der Waals surface area contributed by atoms with Gasteiger partial charge in [-0.25, -0.2) is 0 Å². The Labute approximate surface area is 95.9 Å². The van der Waals surface area contributed by atoms with Crippen molar-refractivity contribution in [3.8, 4) is 0 Å². The summed E-state index contributed by atoms with van der Waals surface area (Å²) in [4.78, 5) is 0.668. The summed E-state index contributed by atoms with van der Waals surface area (Å²) in [5.41, 5.74) is 0.379. The number of rotatable bonds is 3. The quantitative estimate of drug-likeness (QED) is 0.472. The van der Waals surface area contributed by atoms with E-state index in [9.17, 15) is 4.57 Å². The van der Waals surface area contributed by atoms with Crippen LogP contribution in [0.2, 0.25) is 0 Å². The van der Waals surface area contributed by atoms with Gasteiger partial charge in [0, 0.05) is 31.6 Å². The summed E-state index contributed by atoms with van der Waals surface area (Å²) in [5, 5.41) is 5.83. The highest BCUT2D eigenvalue weighted by atomic mass is 32.1. The minimum absolute atomic E-state index is 0.379. The van der Waals surface area contributed by atoms with Crippen LogP contribution in [0.25, 0.3) is 4.96 Å². The fourth-order valence-electron chi connectivity index (χ4n) is 1.33. The highest BCUT2D eigenvalue weighted by molar-refractivity contribution is 7.62. The third-order valence-corrected chi connectivity index (χ3v) is 5.17. The molecule has 0 aliphatic rings. The molecule has 2 heterocycles. The van der Waals surface area contributed by atoms with Crippen LogP contribution >= 0.6 is 18.9 Å². The van der Waals surface area contributed by atoms with Gasteiger partial charge in [-0.2, -0.15) is 0 Å². The maximum absolute atomic E-state index is 12.2. The molecule has 0 aromatic carbocycles. The van der Waals surface area contributed by atoms with Gasteiger partial charge in [-0.05, 0) is 0 Å². The number of nitrogens with zero attached hydrogens (tertiary/aromatic N) is 3. The van der Waals surface area contributed by atoms with Crippen molar-refractivity contribution < 1.29 is 18.3 Å². The first kappa shape index (κ1) is 11.5. The lowest BCUT2D eigenvalue weighted by Gasteiger charge is -2.08. The zero-order valence-corrected chi connectivity index (χ0v) is 10.8. The predicted octanol–water partition coefficient (Wildman–Crippen LogP) is -0.183. The molecule has 0 atom stereocenters. The molecule has 0 spiro atoms. The van der Waals surface area contributed by atoms with Crippen LogP contribution < -0.4 is 16.0 Å². The summed E-state index contributed by atoms with van der Waals surface area (Å²) >= 11 is 1.33. The van der Waals surface area contributed by atoms with Crippen molar-refractivity contribution in [3.63, 3.8) is 0 Å². The predicted molar refractivity (Wildman–Crippen MR) is 59.4 cm³/mol. The Morgan fingerprint density at radius 3 is 2.75 bits per heavy atom. The summed E-state index contributed by atoms with van der Waals surface area (Å²) < 4.78 is 24.9. The monoisotopic (exact) mass is 263 g/mol. The third kappa shape index (κ3) is 1.46. The molecule has 0 saturated heterocycles. The van der Waals surface area contributed by atoms with E-state index in [1.54, 1.807) is 12.3 Å². The van der Waals surface area contributed by atoms with Crippen molar-refractivity contribution >= 4 is 29.3 Å². The molecule has 0 fully saturated rings. The van der Waals surface area contributed by atoms with E-state index in [2.05, 4.69) is 5.10 Å². The second kappa shape index (κ2) is 3.81. The van der Waals surface area contributed by atoms with Crippen LogP contribution in [-0.2, 0) is 13.6 Å². The standard InChI is InChI=1S/C7H12N4O3PS/c1-5-9-11-6(15(12,13-2)14-3)4-16-7(11)10(5)8/h4H,8H2,1-3H3/q+1. The van der Waals surface area contributed by atoms with Gasteiger partial charge >= 0.3 is 12.6 Å². The lowest BCUT2D eigenvalue weighted by atomic mass is 10.7. The van der Waals surface area contributed by atoms with Gasteiger partial charge < -0.3 is 9.05 Å². The average Bonchev–Trinajstić information content (AvgIpc) is 2.81. The first-order valence-corrected chi connectivity index (χ1v) is 6.81. The van der Waals surface area contributed by atoms with Gasteiger partial charge in [-0.1, -0.05) is 15.9 Å². The second-order valence-corrected chi connectivity index (χ2v) is 6.09. The molecule has 2 aromatic heterocycles.